The number of nitrogens with zero attached hydrogens (tertiary/aromatic N) is 2. The van der Waals surface area contributed by atoms with Gasteiger partial charge in [-0.2, -0.15) is 0 Å². The van der Waals surface area contributed by atoms with E-state index in [-0.39, 0.29) is 63.8 Å². The lowest BCUT2D eigenvalue weighted by atomic mass is 9.55. The summed E-state index contributed by atoms with van der Waals surface area (Å²) in [7, 11) is 1.50. The summed E-state index contributed by atoms with van der Waals surface area (Å²) in [6.07, 6.45) is 10.4. The van der Waals surface area contributed by atoms with Crippen molar-refractivity contribution >= 4 is 18.1 Å². The van der Waals surface area contributed by atoms with Crippen LogP contribution < -0.4 is 14.2 Å². The number of rotatable bonds is 24. The molecule has 1 fully saturated rings. The number of unbranched alkanes of at least 4 members (excludes halogenated alkanes) is 2. The average Bonchev–Trinajstić information content (AvgIpc) is 3.35. The van der Waals surface area contributed by atoms with Crippen LogP contribution >= 0.6 is 0 Å². The number of aliphatic hydroxyl groups excluding tert-OH is 2. The molecule has 1 amide bonds. The normalized spacial score (nSPS) is 22.0. The van der Waals surface area contributed by atoms with E-state index in [4.69, 9.17) is 33.7 Å². The van der Waals surface area contributed by atoms with Crippen molar-refractivity contribution < 1.29 is 52.7 Å². The third kappa shape index (κ3) is 11.3. The van der Waals surface area contributed by atoms with Crippen LogP contribution in [0.1, 0.15) is 84.3 Å². The number of carbonyl (C=O) groups is 2. The zero-order valence-electron chi connectivity index (χ0n) is 38.1. The van der Waals surface area contributed by atoms with Gasteiger partial charge in [0.1, 0.15) is 41.5 Å². The molecule has 1 heterocycles. The highest BCUT2D eigenvalue weighted by Crippen LogP contribution is 2.62. The number of benzene rings is 4. The molecule has 1 aliphatic heterocycles. The zero-order valence-corrected chi connectivity index (χ0v) is 38.1. The molecule has 12 nitrogen and oxygen atoms in total. The minimum atomic E-state index is -1.57. The SMILES string of the molecule is C=CCCOC(=O)N(Cc1ccc(F)cc1)C1CC(=NOCc2ccccc2)C2=CC(CCCCO)C(CCCCO)C3c4cc(Oc5ccc(OC)c(C=O)c5)ccc4OC1(OCC=C)C23. The van der Waals surface area contributed by atoms with Crippen molar-refractivity contribution in [3.63, 3.8) is 0 Å². The first kappa shape index (κ1) is 48.6. The molecule has 354 valence electrons. The molecule has 3 aliphatic rings. The molecule has 6 atom stereocenters. The van der Waals surface area contributed by atoms with E-state index in [1.165, 1.54) is 19.2 Å². The highest BCUT2D eigenvalue weighted by Gasteiger charge is 2.65. The Kier molecular flexibility index (Phi) is 17.0. The molecular formula is C54H61FN2O10. The number of aliphatic hydroxyl groups is 2. The lowest BCUT2D eigenvalue weighted by Crippen LogP contribution is -2.70. The highest BCUT2D eigenvalue weighted by molar-refractivity contribution is 6.03. The molecule has 4 aromatic carbocycles. The van der Waals surface area contributed by atoms with Gasteiger partial charge in [0.15, 0.2) is 6.29 Å². The molecule has 2 N–H and O–H groups in total. The first-order chi connectivity index (χ1) is 32.8. The van der Waals surface area contributed by atoms with Crippen LogP contribution in [0.25, 0.3) is 0 Å². The fraction of sp³-hybridized carbons (Fsp3) is 0.389. The van der Waals surface area contributed by atoms with Gasteiger partial charge in [-0.1, -0.05) is 78.7 Å². The number of ether oxygens (including phenoxy) is 5. The van der Waals surface area contributed by atoms with Crippen LogP contribution in [0.3, 0.4) is 0 Å². The van der Waals surface area contributed by atoms with Crippen LogP contribution in [0.4, 0.5) is 9.18 Å². The van der Waals surface area contributed by atoms with Gasteiger partial charge < -0.3 is 38.7 Å². The van der Waals surface area contributed by atoms with E-state index in [1.54, 1.807) is 53.5 Å². The number of halogens is 1. The van der Waals surface area contributed by atoms with Crippen LogP contribution in [0, 0.1) is 23.6 Å². The Hall–Kier alpha value is -6.28. The Morgan fingerprint density at radius 1 is 0.925 bits per heavy atom. The summed E-state index contributed by atoms with van der Waals surface area (Å²) < 4.78 is 46.6. The monoisotopic (exact) mass is 916 g/mol. The third-order valence-electron chi connectivity index (χ3n) is 12.9. The van der Waals surface area contributed by atoms with Crippen LogP contribution in [0.5, 0.6) is 23.0 Å². The van der Waals surface area contributed by atoms with Crippen molar-refractivity contribution in [3.8, 4) is 23.0 Å². The van der Waals surface area contributed by atoms with E-state index in [0.29, 0.717) is 59.1 Å². The maximum Gasteiger partial charge on any atom is 0.410 e. The number of hydrogen-bond acceptors (Lipinski definition) is 11. The summed E-state index contributed by atoms with van der Waals surface area (Å²) in [5.74, 6) is -1.13. The van der Waals surface area contributed by atoms with Crippen molar-refractivity contribution in [1.29, 1.82) is 0 Å². The number of amides is 1. The van der Waals surface area contributed by atoms with Crippen molar-refractivity contribution in [1.82, 2.24) is 4.90 Å². The number of methoxy groups -OCH3 is 1. The predicted octanol–water partition coefficient (Wildman–Crippen LogP) is 10.5. The fourth-order valence-corrected chi connectivity index (χ4v) is 9.88. The van der Waals surface area contributed by atoms with Gasteiger partial charge in [-0.3, -0.25) is 9.69 Å². The van der Waals surface area contributed by atoms with Crippen molar-refractivity contribution in [2.45, 2.75) is 82.3 Å². The largest absolute Gasteiger partial charge is 0.496 e. The van der Waals surface area contributed by atoms with Gasteiger partial charge >= 0.3 is 6.09 Å². The van der Waals surface area contributed by atoms with Gasteiger partial charge in [0.25, 0.3) is 0 Å². The number of aldehydes is 1. The molecule has 7 rings (SSSR count). The topological polar surface area (TPSA) is 146 Å². The van der Waals surface area contributed by atoms with Gasteiger partial charge in [-0.25, -0.2) is 9.18 Å². The molecular weight excluding hydrogens is 856 g/mol. The van der Waals surface area contributed by atoms with Crippen LogP contribution in [-0.4, -0.2) is 78.6 Å². The highest BCUT2D eigenvalue weighted by atomic mass is 19.1. The third-order valence-corrected chi connectivity index (χ3v) is 12.9. The molecule has 0 saturated heterocycles. The molecule has 13 heteroatoms. The molecule has 0 aromatic heterocycles. The van der Waals surface area contributed by atoms with E-state index in [9.17, 15) is 24.2 Å². The molecule has 0 bridgehead atoms. The Morgan fingerprint density at radius 3 is 2.39 bits per heavy atom. The van der Waals surface area contributed by atoms with Crippen molar-refractivity contribution in [2.75, 3.05) is 33.5 Å². The smallest absolute Gasteiger partial charge is 0.410 e. The van der Waals surface area contributed by atoms with E-state index in [0.717, 1.165) is 48.7 Å². The van der Waals surface area contributed by atoms with Crippen molar-refractivity contribution in [3.05, 3.63) is 156 Å². The first-order valence-corrected chi connectivity index (χ1v) is 23.1. The quantitative estimate of drug-likeness (QED) is 0.0301. The van der Waals surface area contributed by atoms with Crippen LogP contribution in [0.2, 0.25) is 0 Å². The number of carbonyl (C=O) groups excluding carboxylic acids is 2. The summed E-state index contributed by atoms with van der Waals surface area (Å²) in [6.45, 7) is 8.27. The number of fused-ring (bicyclic) bond motifs is 2. The summed E-state index contributed by atoms with van der Waals surface area (Å²) >= 11 is 0. The second-order valence-electron chi connectivity index (χ2n) is 17.1. The minimum Gasteiger partial charge on any atom is -0.496 e. The predicted molar refractivity (Wildman–Crippen MR) is 253 cm³/mol. The summed E-state index contributed by atoms with van der Waals surface area (Å²) in [5, 5.41) is 24.9. The molecule has 0 radical (unpaired) electrons. The van der Waals surface area contributed by atoms with E-state index < -0.39 is 29.7 Å². The summed E-state index contributed by atoms with van der Waals surface area (Å²) in [4.78, 5) is 34.5. The lowest BCUT2D eigenvalue weighted by molar-refractivity contribution is -0.256. The van der Waals surface area contributed by atoms with Gasteiger partial charge in [-0.05, 0) is 109 Å². The lowest BCUT2D eigenvalue weighted by Gasteiger charge is -2.59. The molecule has 1 saturated carbocycles. The first-order valence-electron chi connectivity index (χ1n) is 23.1. The molecule has 2 aliphatic carbocycles. The second-order valence-corrected chi connectivity index (χ2v) is 17.1. The standard InChI is InChI=1S/C54H61FN2O10/c1-4-6-29-63-53(61)57(34-37-18-20-41(55)21-19-37)50-33-47(56-65-36-38-14-8-7-9-15-38)45-31-39(16-10-12-26-58)44(17-11-13-27-59)51-46-32-43(66-42-22-24-48(62-3)40(30-42)35-60)23-25-49(46)67-54(50,52(45)51)64-28-5-2/h4-5,7-9,14-15,18-25,30-32,35,39,44,50-52,58-59H,1-2,6,10-13,16-17,26-29,33-34,36H2,3H3. The summed E-state index contributed by atoms with van der Waals surface area (Å²) in [5.41, 5.74) is 4.23. The number of oxime groups is 1. The Bertz CT molecular complexity index is 2370. The minimum absolute atomic E-state index is 0.0130. The van der Waals surface area contributed by atoms with Crippen LogP contribution in [-0.2, 0) is 27.5 Å². The second kappa shape index (κ2) is 23.4. The van der Waals surface area contributed by atoms with Gasteiger partial charge in [0.05, 0.1) is 37.5 Å². The maximum absolute atomic E-state index is 14.7. The van der Waals surface area contributed by atoms with Crippen LogP contribution in [0.15, 0.2) is 133 Å². The number of allylic oxidation sites excluding steroid dienone is 1. The molecule has 4 aromatic rings. The van der Waals surface area contributed by atoms with Gasteiger partial charge in [0, 0.05) is 37.7 Å². The Morgan fingerprint density at radius 2 is 1.67 bits per heavy atom. The zero-order chi connectivity index (χ0) is 47.2. The van der Waals surface area contributed by atoms with E-state index >= 15 is 0 Å². The molecule has 0 spiro atoms. The summed E-state index contributed by atoms with van der Waals surface area (Å²) in [6, 6.07) is 25.5. The van der Waals surface area contributed by atoms with Crippen molar-refractivity contribution in [2.24, 2.45) is 22.9 Å². The molecule has 6 unspecified atom stereocenters. The fourth-order valence-electron chi connectivity index (χ4n) is 9.88. The molecule has 67 heavy (non-hydrogen) atoms. The van der Waals surface area contributed by atoms with Gasteiger partial charge in [0.2, 0.25) is 5.79 Å². The van der Waals surface area contributed by atoms with E-state index in [1.807, 2.05) is 42.5 Å². The van der Waals surface area contributed by atoms with E-state index in [2.05, 4.69) is 19.2 Å². The Balaban J connectivity index is 1.45. The Labute approximate surface area is 392 Å². The van der Waals surface area contributed by atoms with Gasteiger partial charge in [-0.15, -0.1) is 13.2 Å². The number of hydrogen-bond donors (Lipinski definition) is 2. The average molecular weight is 917 g/mol. The maximum atomic E-state index is 14.7.